The number of fused-ring (bicyclic) bond motifs is 9. The molecule has 12 rings (SSSR count). The predicted octanol–water partition coefficient (Wildman–Crippen LogP) is 16.3. The van der Waals surface area contributed by atoms with Crippen molar-refractivity contribution in [3.63, 3.8) is 0 Å². The molecule has 1 heterocycles. The summed E-state index contributed by atoms with van der Waals surface area (Å²) in [7, 11) is 0. The van der Waals surface area contributed by atoms with Gasteiger partial charge in [0.15, 0.2) is 0 Å². The molecule has 1 spiro atoms. The molecule has 0 N–H and O–H groups in total. The van der Waals surface area contributed by atoms with Gasteiger partial charge in [-0.15, -0.1) is 0 Å². The molecule has 0 saturated carbocycles. The van der Waals surface area contributed by atoms with E-state index in [9.17, 15) is 0 Å². The first-order valence-corrected chi connectivity index (χ1v) is 21.7. The lowest BCUT2D eigenvalue weighted by molar-refractivity contribution is 0.436. The molecule has 0 atom stereocenters. The monoisotopic (exact) mass is 803 g/mol. The van der Waals surface area contributed by atoms with Gasteiger partial charge in [0.25, 0.3) is 0 Å². The molecule has 0 amide bonds. The van der Waals surface area contributed by atoms with Gasteiger partial charge in [0.1, 0.15) is 11.5 Å². The second kappa shape index (κ2) is 15.1. The van der Waals surface area contributed by atoms with Crippen LogP contribution in [0, 0.1) is 0 Å². The summed E-state index contributed by atoms with van der Waals surface area (Å²) in [4.78, 5) is 2.39. The van der Waals surface area contributed by atoms with Crippen molar-refractivity contribution in [2.75, 3.05) is 4.90 Å². The Kier molecular flexibility index (Phi) is 8.76. The molecular weight excluding hydrogens is 763 g/mol. The van der Waals surface area contributed by atoms with E-state index in [2.05, 4.69) is 254 Å². The third kappa shape index (κ3) is 6.10. The van der Waals surface area contributed by atoms with Gasteiger partial charge in [-0.05, 0) is 121 Å². The van der Waals surface area contributed by atoms with Crippen LogP contribution in [0.15, 0.2) is 249 Å². The summed E-state index contributed by atoms with van der Waals surface area (Å²) in [5.74, 6) is 1.81. The van der Waals surface area contributed by atoms with Crippen LogP contribution in [0.1, 0.15) is 22.3 Å². The quantitative estimate of drug-likeness (QED) is 0.159. The number of ether oxygens (including phenoxy) is 1. The number of para-hydroxylation sites is 2. The van der Waals surface area contributed by atoms with E-state index in [1.165, 1.54) is 66.8 Å². The molecule has 0 aromatic heterocycles. The molecule has 1 aliphatic carbocycles. The zero-order valence-electron chi connectivity index (χ0n) is 34.5. The van der Waals surface area contributed by atoms with E-state index < -0.39 is 5.41 Å². The Labute approximate surface area is 368 Å². The summed E-state index contributed by atoms with van der Waals surface area (Å²) >= 11 is 0. The van der Waals surface area contributed by atoms with Crippen molar-refractivity contribution in [3.05, 3.63) is 271 Å². The topological polar surface area (TPSA) is 12.5 Å². The lowest BCUT2D eigenvalue weighted by Gasteiger charge is -2.39. The fourth-order valence-electron chi connectivity index (χ4n) is 10.1. The third-order valence-electron chi connectivity index (χ3n) is 12.9. The average molecular weight is 804 g/mol. The van der Waals surface area contributed by atoms with Crippen LogP contribution in [0.2, 0.25) is 0 Å². The number of hydrogen-bond donors (Lipinski definition) is 0. The second-order valence-electron chi connectivity index (χ2n) is 16.4. The third-order valence-corrected chi connectivity index (χ3v) is 12.9. The molecule has 2 nitrogen and oxygen atoms in total. The average Bonchev–Trinajstić information content (AvgIpc) is 3.65. The van der Waals surface area contributed by atoms with Crippen LogP contribution in [-0.2, 0) is 5.41 Å². The first kappa shape index (κ1) is 36.6. The van der Waals surface area contributed by atoms with Crippen molar-refractivity contribution in [2.24, 2.45) is 0 Å². The van der Waals surface area contributed by atoms with Crippen molar-refractivity contribution in [1.82, 2.24) is 0 Å². The maximum atomic E-state index is 6.58. The summed E-state index contributed by atoms with van der Waals surface area (Å²) in [6.07, 6.45) is 0. The zero-order chi connectivity index (χ0) is 41.7. The van der Waals surface area contributed by atoms with Gasteiger partial charge in [-0.25, -0.2) is 0 Å². The lowest BCUT2D eigenvalue weighted by Crippen LogP contribution is -2.32. The highest BCUT2D eigenvalue weighted by Gasteiger charge is 2.50. The Bertz CT molecular complexity index is 3270. The SMILES string of the molecule is c1ccc(-c2ccc(-c3cccc(N(c4cccc(-c5ccccc5)c4)c4cccc(-c5ccc6c(c5)-c5ccccc5C65c6ccccc6Oc6ccccc65)c4)c3)cc2)cc1. The number of benzene rings is 10. The minimum atomic E-state index is -0.495. The summed E-state index contributed by atoms with van der Waals surface area (Å²) in [5.41, 5.74) is 19.6. The number of nitrogens with zero attached hydrogens (tertiary/aromatic N) is 1. The number of anilines is 3. The molecule has 0 saturated heterocycles. The summed E-state index contributed by atoms with van der Waals surface area (Å²) in [6, 6.07) is 90.0. The Morgan fingerprint density at radius 1 is 0.254 bits per heavy atom. The van der Waals surface area contributed by atoms with E-state index >= 15 is 0 Å². The van der Waals surface area contributed by atoms with Crippen molar-refractivity contribution in [3.8, 4) is 67.1 Å². The maximum Gasteiger partial charge on any atom is 0.132 e. The molecule has 1 aliphatic heterocycles. The Morgan fingerprint density at radius 2 is 0.619 bits per heavy atom. The van der Waals surface area contributed by atoms with Crippen molar-refractivity contribution < 1.29 is 4.74 Å². The van der Waals surface area contributed by atoms with E-state index in [-0.39, 0.29) is 0 Å². The Morgan fingerprint density at radius 3 is 1.17 bits per heavy atom. The summed E-state index contributed by atoms with van der Waals surface area (Å²) < 4.78 is 6.58. The van der Waals surface area contributed by atoms with Crippen LogP contribution in [-0.4, -0.2) is 0 Å². The van der Waals surface area contributed by atoms with Crippen LogP contribution in [0.5, 0.6) is 11.5 Å². The fraction of sp³-hybridized carbons (Fsp3) is 0.0164. The van der Waals surface area contributed by atoms with Gasteiger partial charge >= 0.3 is 0 Å². The van der Waals surface area contributed by atoms with Crippen LogP contribution < -0.4 is 9.64 Å². The summed E-state index contributed by atoms with van der Waals surface area (Å²) in [6.45, 7) is 0. The smallest absolute Gasteiger partial charge is 0.132 e. The molecule has 0 fully saturated rings. The largest absolute Gasteiger partial charge is 0.457 e. The van der Waals surface area contributed by atoms with Gasteiger partial charge in [-0.1, -0.05) is 194 Å². The fourth-order valence-corrected chi connectivity index (χ4v) is 10.1. The van der Waals surface area contributed by atoms with Crippen molar-refractivity contribution >= 4 is 17.1 Å². The lowest BCUT2D eigenvalue weighted by atomic mass is 9.66. The van der Waals surface area contributed by atoms with Gasteiger partial charge in [-0.2, -0.15) is 0 Å². The standard InChI is InChI=1S/C61H41NO/c1-3-16-42(17-4-1)44-32-34-45(35-33-44)47-21-14-24-51(39-47)62(50-23-13-20-46(38-50)43-18-5-2-6-19-43)52-25-15-22-48(40-52)49-36-37-56-54(41-49)53-26-7-8-27-55(53)61(56)57-28-9-11-30-59(57)63-60-31-12-10-29-58(60)61/h1-41H. The normalized spacial score (nSPS) is 12.7. The molecule has 0 unspecified atom stereocenters. The van der Waals surface area contributed by atoms with E-state index in [4.69, 9.17) is 4.74 Å². The van der Waals surface area contributed by atoms with Gasteiger partial charge in [-0.3, -0.25) is 0 Å². The van der Waals surface area contributed by atoms with Gasteiger partial charge in [0.05, 0.1) is 5.41 Å². The Balaban J connectivity index is 0.987. The molecule has 63 heavy (non-hydrogen) atoms. The molecule has 2 heteroatoms. The van der Waals surface area contributed by atoms with E-state index in [1.54, 1.807) is 0 Å². The molecule has 10 aromatic carbocycles. The second-order valence-corrected chi connectivity index (χ2v) is 16.4. The highest BCUT2D eigenvalue weighted by molar-refractivity contribution is 5.91. The van der Waals surface area contributed by atoms with Gasteiger partial charge in [0, 0.05) is 28.2 Å². The number of rotatable bonds is 7. The maximum absolute atomic E-state index is 6.58. The van der Waals surface area contributed by atoms with Crippen LogP contribution in [0.25, 0.3) is 55.6 Å². The van der Waals surface area contributed by atoms with E-state index in [0.29, 0.717) is 0 Å². The highest BCUT2D eigenvalue weighted by Crippen LogP contribution is 2.62. The molecule has 2 aliphatic rings. The van der Waals surface area contributed by atoms with Crippen LogP contribution in [0.4, 0.5) is 17.1 Å². The van der Waals surface area contributed by atoms with Crippen molar-refractivity contribution in [2.45, 2.75) is 5.41 Å². The predicted molar refractivity (Wildman–Crippen MR) is 260 cm³/mol. The molecule has 0 bridgehead atoms. The molecular formula is C61H41NO. The first-order chi connectivity index (χ1) is 31.2. The summed E-state index contributed by atoms with van der Waals surface area (Å²) in [5, 5.41) is 0. The minimum absolute atomic E-state index is 0.495. The minimum Gasteiger partial charge on any atom is -0.457 e. The van der Waals surface area contributed by atoms with Crippen LogP contribution in [0.3, 0.4) is 0 Å². The first-order valence-electron chi connectivity index (χ1n) is 21.7. The number of hydrogen-bond acceptors (Lipinski definition) is 2. The van der Waals surface area contributed by atoms with Crippen molar-refractivity contribution in [1.29, 1.82) is 0 Å². The zero-order valence-corrected chi connectivity index (χ0v) is 34.5. The highest BCUT2D eigenvalue weighted by atomic mass is 16.5. The Hall–Kier alpha value is -8.20. The van der Waals surface area contributed by atoms with E-state index in [1.807, 2.05) is 0 Å². The molecule has 0 radical (unpaired) electrons. The molecule has 296 valence electrons. The van der Waals surface area contributed by atoms with Crippen LogP contribution >= 0.6 is 0 Å². The van der Waals surface area contributed by atoms with Gasteiger partial charge in [0.2, 0.25) is 0 Å². The van der Waals surface area contributed by atoms with E-state index in [0.717, 1.165) is 39.7 Å². The molecule has 10 aromatic rings. The van der Waals surface area contributed by atoms with Gasteiger partial charge < -0.3 is 9.64 Å².